The smallest absolute Gasteiger partial charge is 0.264 e. The van der Waals surface area contributed by atoms with Crippen molar-refractivity contribution in [1.82, 2.24) is 0 Å². The second-order valence-electron chi connectivity index (χ2n) is 3.84. The number of nitrogens with one attached hydrogen (secondary N) is 1. The van der Waals surface area contributed by atoms with Crippen LogP contribution < -0.4 is 4.72 Å². The van der Waals surface area contributed by atoms with Gasteiger partial charge in [-0.2, -0.15) is 0 Å². The molecular weight excluding hydrogens is 356 g/mol. The third kappa shape index (κ3) is 3.07. The SMILES string of the molecule is O=S(=O)(Nc1ccc(O)cc1F)c1ccc(Br)cc1F. The molecule has 0 spiro atoms. The van der Waals surface area contributed by atoms with E-state index in [9.17, 15) is 17.2 Å². The molecule has 2 aromatic rings. The second kappa shape index (κ2) is 5.37. The molecule has 0 fully saturated rings. The van der Waals surface area contributed by atoms with Crippen LogP contribution in [-0.4, -0.2) is 13.5 Å². The van der Waals surface area contributed by atoms with Crippen molar-refractivity contribution in [3.63, 3.8) is 0 Å². The van der Waals surface area contributed by atoms with Crippen molar-refractivity contribution in [3.05, 3.63) is 52.5 Å². The maximum Gasteiger partial charge on any atom is 0.264 e. The summed E-state index contributed by atoms with van der Waals surface area (Å²) in [6.45, 7) is 0. The van der Waals surface area contributed by atoms with E-state index in [4.69, 9.17) is 5.11 Å². The monoisotopic (exact) mass is 363 g/mol. The molecule has 20 heavy (non-hydrogen) atoms. The van der Waals surface area contributed by atoms with Crippen LogP contribution in [0.4, 0.5) is 14.5 Å². The Balaban J connectivity index is 2.41. The third-order valence-corrected chi connectivity index (χ3v) is 4.27. The fourth-order valence-electron chi connectivity index (χ4n) is 1.48. The normalized spacial score (nSPS) is 11.3. The molecule has 0 atom stereocenters. The number of halogens is 3. The molecule has 2 rings (SSSR count). The quantitative estimate of drug-likeness (QED) is 0.822. The number of phenols is 1. The molecule has 4 nitrogen and oxygen atoms in total. The van der Waals surface area contributed by atoms with Crippen LogP contribution in [-0.2, 0) is 10.0 Å². The summed E-state index contributed by atoms with van der Waals surface area (Å²) in [7, 11) is -4.26. The van der Waals surface area contributed by atoms with Crippen molar-refractivity contribution in [2.24, 2.45) is 0 Å². The van der Waals surface area contributed by atoms with Crippen LogP contribution in [0.15, 0.2) is 45.8 Å². The minimum atomic E-state index is -4.26. The van der Waals surface area contributed by atoms with Gasteiger partial charge in [-0.05, 0) is 30.3 Å². The van der Waals surface area contributed by atoms with E-state index < -0.39 is 26.6 Å². The summed E-state index contributed by atoms with van der Waals surface area (Å²) >= 11 is 3.01. The van der Waals surface area contributed by atoms with E-state index in [0.29, 0.717) is 4.47 Å². The van der Waals surface area contributed by atoms with Crippen molar-refractivity contribution < 1.29 is 22.3 Å². The minimum absolute atomic E-state index is 0.347. The number of benzene rings is 2. The molecule has 0 unspecified atom stereocenters. The second-order valence-corrected chi connectivity index (χ2v) is 6.41. The van der Waals surface area contributed by atoms with Crippen LogP contribution in [0.2, 0.25) is 0 Å². The van der Waals surface area contributed by atoms with Crippen molar-refractivity contribution in [1.29, 1.82) is 0 Å². The van der Waals surface area contributed by atoms with Gasteiger partial charge in [-0.3, -0.25) is 4.72 Å². The highest BCUT2D eigenvalue weighted by atomic mass is 79.9. The highest BCUT2D eigenvalue weighted by Crippen LogP contribution is 2.25. The van der Waals surface area contributed by atoms with Crippen LogP contribution in [0.1, 0.15) is 0 Å². The van der Waals surface area contributed by atoms with E-state index in [-0.39, 0.29) is 11.4 Å². The fourth-order valence-corrected chi connectivity index (χ4v) is 2.94. The largest absolute Gasteiger partial charge is 0.508 e. The zero-order valence-corrected chi connectivity index (χ0v) is 12.2. The number of hydrogen-bond donors (Lipinski definition) is 2. The lowest BCUT2D eigenvalue weighted by molar-refractivity contribution is 0.469. The number of phenolic OH excluding ortho intramolecular Hbond substituents is 1. The molecule has 0 amide bonds. The van der Waals surface area contributed by atoms with E-state index in [1.54, 1.807) is 0 Å². The van der Waals surface area contributed by atoms with Crippen molar-refractivity contribution in [3.8, 4) is 5.75 Å². The van der Waals surface area contributed by atoms with Gasteiger partial charge in [0, 0.05) is 10.5 Å². The minimum Gasteiger partial charge on any atom is -0.508 e. The van der Waals surface area contributed by atoms with Gasteiger partial charge in [-0.1, -0.05) is 15.9 Å². The molecule has 0 bridgehead atoms. The Bertz CT molecular complexity index is 765. The van der Waals surface area contributed by atoms with E-state index in [2.05, 4.69) is 15.9 Å². The van der Waals surface area contributed by atoms with Gasteiger partial charge in [0.2, 0.25) is 0 Å². The van der Waals surface area contributed by atoms with Gasteiger partial charge in [-0.15, -0.1) is 0 Å². The van der Waals surface area contributed by atoms with Crippen molar-refractivity contribution in [2.45, 2.75) is 4.90 Å². The van der Waals surface area contributed by atoms with Gasteiger partial charge in [0.15, 0.2) is 5.82 Å². The Labute approximate surface area is 122 Å². The lowest BCUT2D eigenvalue weighted by atomic mass is 10.3. The van der Waals surface area contributed by atoms with Crippen LogP contribution in [0.3, 0.4) is 0 Å². The average Bonchev–Trinajstić information content (AvgIpc) is 2.32. The van der Waals surface area contributed by atoms with Gasteiger partial charge >= 0.3 is 0 Å². The Hall–Kier alpha value is -1.67. The summed E-state index contributed by atoms with van der Waals surface area (Å²) in [6, 6.07) is 6.29. The number of rotatable bonds is 3. The molecule has 0 radical (unpaired) electrons. The van der Waals surface area contributed by atoms with Gasteiger partial charge < -0.3 is 5.11 Å². The van der Waals surface area contributed by atoms with E-state index in [1.165, 1.54) is 6.07 Å². The average molecular weight is 364 g/mol. The maximum absolute atomic E-state index is 13.6. The lowest BCUT2D eigenvalue weighted by Gasteiger charge is -2.10. The standard InChI is InChI=1S/C12H8BrF2NO3S/c13-7-1-4-12(10(15)5-7)20(18,19)16-11-3-2-8(17)6-9(11)14/h1-6,16-17H. The Morgan fingerprint density at radius 2 is 1.75 bits per heavy atom. The summed E-state index contributed by atoms with van der Waals surface area (Å²) in [4.78, 5) is -0.604. The molecule has 0 aliphatic rings. The highest BCUT2D eigenvalue weighted by molar-refractivity contribution is 9.10. The van der Waals surface area contributed by atoms with Crippen LogP contribution in [0.25, 0.3) is 0 Å². The van der Waals surface area contributed by atoms with Crippen LogP contribution in [0.5, 0.6) is 5.75 Å². The van der Waals surface area contributed by atoms with Crippen molar-refractivity contribution in [2.75, 3.05) is 4.72 Å². The zero-order chi connectivity index (χ0) is 14.9. The molecule has 0 aliphatic heterocycles. The van der Waals surface area contributed by atoms with Crippen molar-refractivity contribution >= 4 is 31.6 Å². The molecule has 2 N–H and O–H groups in total. The summed E-state index contributed by atoms with van der Waals surface area (Å²) in [5.74, 6) is -2.28. The summed E-state index contributed by atoms with van der Waals surface area (Å²) in [5.41, 5.74) is -0.384. The molecule has 2 aromatic carbocycles. The van der Waals surface area contributed by atoms with Gasteiger partial charge in [0.1, 0.15) is 16.5 Å². The predicted molar refractivity (Wildman–Crippen MR) is 73.0 cm³/mol. The van der Waals surface area contributed by atoms with E-state index >= 15 is 0 Å². The Kier molecular flexibility index (Phi) is 3.96. The first-order valence-electron chi connectivity index (χ1n) is 5.26. The fraction of sp³-hybridized carbons (Fsp3) is 0. The number of sulfonamides is 1. The first-order valence-corrected chi connectivity index (χ1v) is 7.53. The molecular formula is C12H8BrF2NO3S. The van der Waals surface area contributed by atoms with Gasteiger partial charge in [-0.25, -0.2) is 17.2 Å². The summed E-state index contributed by atoms with van der Waals surface area (Å²) in [6.07, 6.45) is 0. The molecule has 0 saturated heterocycles. The number of anilines is 1. The molecule has 8 heteroatoms. The first-order chi connectivity index (χ1) is 9.29. The van der Waals surface area contributed by atoms with E-state index in [0.717, 1.165) is 30.3 Å². The topological polar surface area (TPSA) is 66.4 Å². The Morgan fingerprint density at radius 1 is 1.05 bits per heavy atom. The maximum atomic E-state index is 13.6. The predicted octanol–water partition coefficient (Wildman–Crippen LogP) is 3.23. The summed E-state index contributed by atoms with van der Waals surface area (Å²) < 4.78 is 53.4. The first kappa shape index (κ1) is 14.7. The molecule has 0 aliphatic carbocycles. The van der Waals surface area contributed by atoms with Gasteiger partial charge in [0.25, 0.3) is 10.0 Å². The molecule has 0 heterocycles. The lowest BCUT2D eigenvalue weighted by Crippen LogP contribution is -2.15. The zero-order valence-electron chi connectivity index (χ0n) is 9.77. The highest BCUT2D eigenvalue weighted by Gasteiger charge is 2.20. The third-order valence-electron chi connectivity index (χ3n) is 2.38. The molecule has 0 saturated carbocycles. The molecule has 0 aromatic heterocycles. The van der Waals surface area contributed by atoms with E-state index in [1.807, 2.05) is 4.72 Å². The van der Waals surface area contributed by atoms with Gasteiger partial charge in [0.05, 0.1) is 5.69 Å². The number of aromatic hydroxyl groups is 1. The number of hydrogen-bond acceptors (Lipinski definition) is 3. The molecule has 106 valence electrons. The summed E-state index contributed by atoms with van der Waals surface area (Å²) in [5, 5.41) is 9.05. The van der Waals surface area contributed by atoms with Crippen LogP contribution >= 0.6 is 15.9 Å². The van der Waals surface area contributed by atoms with Crippen LogP contribution in [0, 0.1) is 11.6 Å². The Morgan fingerprint density at radius 3 is 2.35 bits per heavy atom.